The minimum atomic E-state index is -0.277. The number of nitrogens with zero attached hydrogens (tertiary/aromatic N) is 4. The molecule has 0 N–H and O–H groups in total. The van der Waals surface area contributed by atoms with E-state index in [2.05, 4.69) is 267 Å². The predicted molar refractivity (Wildman–Crippen MR) is 297 cm³/mol. The van der Waals surface area contributed by atoms with E-state index in [0.29, 0.717) is 23.3 Å². The van der Waals surface area contributed by atoms with Gasteiger partial charge in [0.15, 0.2) is 0 Å². The Morgan fingerprint density at radius 3 is 1.74 bits per heavy atom. The van der Waals surface area contributed by atoms with E-state index in [0.717, 1.165) is 44.7 Å². The van der Waals surface area contributed by atoms with E-state index >= 15 is 0 Å². The van der Waals surface area contributed by atoms with Crippen LogP contribution in [0.15, 0.2) is 176 Å². The molecule has 2 aromatic heterocycles. The van der Waals surface area contributed by atoms with Crippen LogP contribution in [0.4, 0.5) is 11.4 Å². The number of rotatable bonds is 12. The molecule has 0 amide bonds. The zero-order chi connectivity index (χ0) is 49.8. The second-order valence-electron chi connectivity index (χ2n) is 21.9. The van der Waals surface area contributed by atoms with Gasteiger partial charge in [0, 0.05) is 72.1 Å². The molecular formula is C66H65N4OPt-3. The van der Waals surface area contributed by atoms with Gasteiger partial charge < -0.3 is 19.1 Å². The maximum Gasteiger partial charge on any atom is 0.135 e. The van der Waals surface area contributed by atoms with Crippen LogP contribution in [0.1, 0.15) is 133 Å². The van der Waals surface area contributed by atoms with Gasteiger partial charge in [-0.1, -0.05) is 185 Å². The van der Waals surface area contributed by atoms with E-state index in [4.69, 9.17) is 9.72 Å². The van der Waals surface area contributed by atoms with Crippen LogP contribution in [0.5, 0.6) is 11.5 Å². The zero-order valence-corrected chi connectivity index (χ0v) is 45.8. The first-order valence-corrected chi connectivity index (χ1v) is 25.2. The molecule has 0 aliphatic carbocycles. The topological polar surface area (TPSA) is 33.5 Å². The number of hydrogen-bond donors (Lipinski definition) is 0. The molecule has 0 bridgehead atoms. The number of hydrogen-bond acceptors (Lipinski definition) is 4. The molecule has 0 atom stereocenters. The van der Waals surface area contributed by atoms with Gasteiger partial charge in [-0.2, -0.15) is 12.1 Å². The van der Waals surface area contributed by atoms with Crippen LogP contribution in [-0.2, 0) is 37.3 Å². The molecule has 0 fully saturated rings. The fourth-order valence-corrected chi connectivity index (χ4v) is 10.2. The molecule has 9 aromatic rings. The van der Waals surface area contributed by atoms with Crippen molar-refractivity contribution in [3.05, 3.63) is 239 Å². The third-order valence-electron chi connectivity index (χ3n) is 14.7. The maximum absolute atomic E-state index is 6.80. The van der Waals surface area contributed by atoms with Crippen molar-refractivity contribution in [2.45, 2.75) is 104 Å². The molecule has 368 valence electrons. The number of anilines is 2. The monoisotopic (exact) mass is 1120 g/mol. The molecule has 0 saturated carbocycles. The maximum atomic E-state index is 6.80. The van der Waals surface area contributed by atoms with Crippen molar-refractivity contribution in [2.75, 3.05) is 9.80 Å². The molecule has 7 aromatic carbocycles. The summed E-state index contributed by atoms with van der Waals surface area (Å²) in [7, 11) is 0. The summed E-state index contributed by atoms with van der Waals surface area (Å²) in [5.41, 5.74) is 14.6. The van der Waals surface area contributed by atoms with Crippen molar-refractivity contribution in [3.63, 3.8) is 0 Å². The van der Waals surface area contributed by atoms with Crippen LogP contribution >= 0.6 is 0 Å². The minimum Gasteiger partial charge on any atom is -0.509 e. The quantitative estimate of drug-likeness (QED) is 0.114. The fraction of sp³-hybridized carbons (Fsp3) is 0.242. The zero-order valence-electron chi connectivity index (χ0n) is 43.5. The number of fused-ring (bicyclic) bond motifs is 3. The molecule has 0 saturated heterocycles. The van der Waals surface area contributed by atoms with Crippen LogP contribution in [0.2, 0.25) is 0 Å². The van der Waals surface area contributed by atoms with E-state index < -0.39 is 0 Å². The summed E-state index contributed by atoms with van der Waals surface area (Å²) in [5.74, 6) is 2.63. The van der Waals surface area contributed by atoms with Crippen LogP contribution in [0, 0.1) is 18.8 Å². The van der Waals surface area contributed by atoms with Crippen molar-refractivity contribution in [1.82, 2.24) is 9.55 Å². The molecule has 1 aliphatic heterocycles. The number of para-hydroxylation sites is 1. The summed E-state index contributed by atoms with van der Waals surface area (Å²) in [5, 5.41) is 2.23. The van der Waals surface area contributed by atoms with Gasteiger partial charge in [0.2, 0.25) is 0 Å². The first-order chi connectivity index (χ1) is 34.0. The van der Waals surface area contributed by atoms with Crippen molar-refractivity contribution in [2.24, 2.45) is 0 Å². The summed E-state index contributed by atoms with van der Waals surface area (Å²) < 4.78 is 9.01. The molecule has 10 rings (SSSR count). The molecule has 72 heavy (non-hydrogen) atoms. The first kappa shape index (κ1) is 50.3. The van der Waals surface area contributed by atoms with Crippen molar-refractivity contribution < 1.29 is 25.8 Å². The van der Waals surface area contributed by atoms with Crippen LogP contribution < -0.4 is 14.5 Å². The van der Waals surface area contributed by atoms with E-state index in [1.807, 2.05) is 18.3 Å². The van der Waals surface area contributed by atoms with Crippen molar-refractivity contribution >= 4 is 38.9 Å². The van der Waals surface area contributed by atoms with Gasteiger partial charge in [-0.15, -0.1) is 48.1 Å². The van der Waals surface area contributed by atoms with Crippen molar-refractivity contribution in [1.29, 1.82) is 0 Å². The summed E-state index contributed by atoms with van der Waals surface area (Å²) in [4.78, 5) is 9.51. The third-order valence-corrected chi connectivity index (χ3v) is 14.7. The SMILES string of the molecule is CC(C)c1cccc(C(C)C)c1C1=CN(c2cc(C(C)(C)c3ccccc3)cc(C(C)(C)c3ccccc3)c2)[CH-]N1c1[c-]c(Oc2[c-]c3c(cc2)c2ccccc2n3-c2cc(C(C)(C)C)ccn2)ccc1.[Pt]. The largest absolute Gasteiger partial charge is 0.509 e. The predicted octanol–water partition coefficient (Wildman–Crippen LogP) is 17.2. The normalized spacial score (nSPS) is 13.3. The van der Waals surface area contributed by atoms with Gasteiger partial charge in [0.25, 0.3) is 0 Å². The standard InChI is InChI=1S/C66H65N4O.Pt/c1-44(2)55-29-21-30-56(45(3)4)63(55)61-42-68(52-37-49(65(8,9)46-22-14-12-15-23-46)36-50(38-52)66(10,11)47-24-16-13-17-25-47)43-69(61)51-26-20-27-53(40-51)71-54-32-33-58-57-28-18-19-31-59(57)70(60(58)41-54)62-39-48(34-35-67-62)64(5,6)7;/h12-39,42-45H,1-11H3;/q-3;. The number of aromatic nitrogens is 2. The summed E-state index contributed by atoms with van der Waals surface area (Å²) >= 11 is 0. The van der Waals surface area contributed by atoms with Gasteiger partial charge in [0.05, 0.1) is 0 Å². The Balaban J connectivity index is 0.00000640. The minimum absolute atomic E-state index is 0. The molecular weight excluding hydrogens is 1060 g/mol. The van der Waals surface area contributed by atoms with Crippen LogP contribution in [0.3, 0.4) is 0 Å². The average Bonchev–Trinajstić information content (AvgIpc) is 3.96. The Bertz CT molecular complexity index is 3340. The van der Waals surface area contributed by atoms with Gasteiger partial charge in [-0.3, -0.25) is 0 Å². The molecule has 0 unspecified atom stereocenters. The second kappa shape index (κ2) is 19.7. The van der Waals surface area contributed by atoms with Gasteiger partial charge >= 0.3 is 0 Å². The molecule has 6 heteroatoms. The van der Waals surface area contributed by atoms with E-state index in [1.54, 1.807) is 0 Å². The third kappa shape index (κ3) is 9.45. The summed E-state index contributed by atoms with van der Waals surface area (Å²) in [6, 6.07) is 66.3. The van der Waals surface area contributed by atoms with E-state index in [-0.39, 0.29) is 37.3 Å². The van der Waals surface area contributed by atoms with Crippen LogP contribution in [-0.4, -0.2) is 9.55 Å². The fourth-order valence-electron chi connectivity index (χ4n) is 10.2. The molecule has 5 nitrogen and oxygen atoms in total. The second-order valence-corrected chi connectivity index (χ2v) is 21.9. The molecule has 0 radical (unpaired) electrons. The van der Waals surface area contributed by atoms with E-state index in [1.165, 1.54) is 44.5 Å². The number of pyridine rings is 1. The van der Waals surface area contributed by atoms with Gasteiger partial charge in [0.1, 0.15) is 5.82 Å². The Labute approximate surface area is 442 Å². The van der Waals surface area contributed by atoms with Gasteiger partial charge in [-0.05, 0) is 98.1 Å². The Kier molecular flexibility index (Phi) is 13.8. The Hall–Kier alpha value is -6.68. The van der Waals surface area contributed by atoms with Crippen molar-refractivity contribution in [3.8, 4) is 17.3 Å². The average molecular weight is 1130 g/mol. The first-order valence-electron chi connectivity index (χ1n) is 25.2. The molecule has 0 spiro atoms. The smallest absolute Gasteiger partial charge is 0.135 e. The molecule has 1 aliphatic rings. The van der Waals surface area contributed by atoms with Gasteiger partial charge in [-0.25, -0.2) is 4.98 Å². The van der Waals surface area contributed by atoms with E-state index in [9.17, 15) is 0 Å². The van der Waals surface area contributed by atoms with Crippen LogP contribution in [0.25, 0.3) is 33.3 Å². The number of benzene rings is 7. The summed E-state index contributed by atoms with van der Waals surface area (Å²) in [6.45, 7) is 27.5. The summed E-state index contributed by atoms with van der Waals surface area (Å²) in [6.07, 6.45) is 4.23. The Morgan fingerprint density at radius 1 is 0.542 bits per heavy atom. The Morgan fingerprint density at radius 2 is 1.12 bits per heavy atom. The molecule has 3 heterocycles. The number of ether oxygens (including phenoxy) is 1.